The van der Waals surface area contributed by atoms with E-state index in [0.29, 0.717) is 12.6 Å². The molecule has 3 rings (SSSR count). The van der Waals surface area contributed by atoms with Crippen LogP contribution in [0.3, 0.4) is 0 Å². The van der Waals surface area contributed by atoms with Crippen LogP contribution in [0.1, 0.15) is 37.2 Å². The van der Waals surface area contributed by atoms with Gasteiger partial charge in [-0.1, -0.05) is 18.2 Å². The van der Waals surface area contributed by atoms with Gasteiger partial charge in [-0.15, -0.1) is 0 Å². The standard InChI is InChI=1S/C17H24N2O2/c1-18-10-9-13-6-4-5-11-19(13)17(20)15-12-21-16-8-3-2-7-14(15)16/h2-3,7-8,13,15,18H,4-6,9-12H2,1H3. The van der Waals surface area contributed by atoms with Crippen LogP contribution < -0.4 is 10.1 Å². The van der Waals surface area contributed by atoms with E-state index < -0.39 is 0 Å². The molecule has 1 aromatic carbocycles. The lowest BCUT2D eigenvalue weighted by atomic mass is 9.94. The second-order valence-corrected chi connectivity index (χ2v) is 5.97. The molecule has 1 fully saturated rings. The Balaban J connectivity index is 1.74. The van der Waals surface area contributed by atoms with Crippen LogP contribution in [-0.4, -0.2) is 43.6 Å². The van der Waals surface area contributed by atoms with Gasteiger partial charge in [0.25, 0.3) is 0 Å². The Kier molecular flexibility index (Phi) is 4.44. The largest absolute Gasteiger partial charge is 0.492 e. The van der Waals surface area contributed by atoms with Crippen LogP contribution in [-0.2, 0) is 4.79 Å². The maximum Gasteiger partial charge on any atom is 0.233 e. The molecule has 1 N–H and O–H groups in total. The Hall–Kier alpha value is -1.55. The molecule has 0 radical (unpaired) electrons. The minimum Gasteiger partial charge on any atom is -0.492 e. The molecule has 21 heavy (non-hydrogen) atoms. The van der Waals surface area contributed by atoms with E-state index >= 15 is 0 Å². The van der Waals surface area contributed by atoms with Gasteiger partial charge in [0.1, 0.15) is 18.3 Å². The molecule has 2 atom stereocenters. The zero-order valence-corrected chi connectivity index (χ0v) is 12.7. The number of ether oxygens (including phenoxy) is 1. The molecule has 2 heterocycles. The lowest BCUT2D eigenvalue weighted by Gasteiger charge is -2.37. The summed E-state index contributed by atoms with van der Waals surface area (Å²) in [6, 6.07) is 8.31. The van der Waals surface area contributed by atoms with Crippen molar-refractivity contribution in [2.75, 3.05) is 26.7 Å². The van der Waals surface area contributed by atoms with Gasteiger partial charge in [0, 0.05) is 18.2 Å². The first-order valence-electron chi connectivity index (χ1n) is 7.98. The van der Waals surface area contributed by atoms with Gasteiger partial charge in [0.15, 0.2) is 0 Å². The third kappa shape index (κ3) is 2.91. The van der Waals surface area contributed by atoms with E-state index in [1.54, 1.807) is 0 Å². The highest BCUT2D eigenvalue weighted by Gasteiger charge is 2.36. The summed E-state index contributed by atoms with van der Waals surface area (Å²) in [7, 11) is 1.97. The number of rotatable bonds is 4. The van der Waals surface area contributed by atoms with E-state index in [9.17, 15) is 4.79 Å². The van der Waals surface area contributed by atoms with Crippen LogP contribution in [0.5, 0.6) is 5.75 Å². The van der Waals surface area contributed by atoms with Gasteiger partial charge >= 0.3 is 0 Å². The van der Waals surface area contributed by atoms with E-state index in [2.05, 4.69) is 10.2 Å². The number of hydrogen-bond acceptors (Lipinski definition) is 3. The van der Waals surface area contributed by atoms with Gasteiger partial charge in [-0.2, -0.15) is 0 Å². The van der Waals surface area contributed by atoms with Gasteiger partial charge in [0.2, 0.25) is 5.91 Å². The van der Waals surface area contributed by atoms with Crippen LogP contribution >= 0.6 is 0 Å². The van der Waals surface area contributed by atoms with E-state index in [-0.39, 0.29) is 11.8 Å². The number of para-hydroxylation sites is 1. The normalized spacial score (nSPS) is 24.5. The van der Waals surface area contributed by atoms with Crippen LogP contribution in [0.2, 0.25) is 0 Å². The Morgan fingerprint density at radius 3 is 3.10 bits per heavy atom. The smallest absolute Gasteiger partial charge is 0.233 e. The number of nitrogens with one attached hydrogen (secondary N) is 1. The molecule has 0 aliphatic carbocycles. The highest BCUT2D eigenvalue weighted by Crippen LogP contribution is 2.36. The Bertz CT molecular complexity index is 503. The van der Waals surface area contributed by atoms with Crippen LogP contribution in [0.4, 0.5) is 0 Å². The second kappa shape index (κ2) is 6.48. The second-order valence-electron chi connectivity index (χ2n) is 5.97. The lowest BCUT2D eigenvalue weighted by Crippen LogP contribution is -2.47. The van der Waals surface area contributed by atoms with Crippen molar-refractivity contribution in [2.45, 2.75) is 37.6 Å². The van der Waals surface area contributed by atoms with Crippen molar-refractivity contribution in [1.82, 2.24) is 10.2 Å². The maximum atomic E-state index is 13.0. The summed E-state index contributed by atoms with van der Waals surface area (Å²) in [5, 5.41) is 3.20. The molecular weight excluding hydrogens is 264 g/mol. The van der Waals surface area contributed by atoms with Crippen molar-refractivity contribution in [1.29, 1.82) is 0 Å². The third-order valence-electron chi connectivity index (χ3n) is 4.64. The van der Waals surface area contributed by atoms with Crippen LogP contribution in [0.15, 0.2) is 24.3 Å². The molecule has 2 aliphatic rings. The Morgan fingerprint density at radius 2 is 2.24 bits per heavy atom. The van der Waals surface area contributed by atoms with E-state index in [0.717, 1.165) is 43.7 Å². The fraction of sp³-hybridized carbons (Fsp3) is 0.588. The zero-order valence-electron chi connectivity index (χ0n) is 12.7. The highest BCUT2D eigenvalue weighted by atomic mass is 16.5. The topological polar surface area (TPSA) is 41.6 Å². The molecular formula is C17H24N2O2. The summed E-state index contributed by atoms with van der Waals surface area (Å²) in [6.07, 6.45) is 4.52. The monoisotopic (exact) mass is 288 g/mol. The first-order valence-corrected chi connectivity index (χ1v) is 7.98. The molecule has 1 saturated heterocycles. The van der Waals surface area contributed by atoms with Gasteiger partial charge in [-0.05, 0) is 45.3 Å². The predicted octanol–water partition coefficient (Wildman–Crippen LogP) is 2.15. The molecule has 1 amide bonds. The molecule has 114 valence electrons. The minimum absolute atomic E-state index is 0.114. The molecule has 4 nitrogen and oxygen atoms in total. The number of carbonyl (C=O) groups is 1. The number of benzene rings is 1. The van der Waals surface area contributed by atoms with Crippen molar-refractivity contribution in [3.05, 3.63) is 29.8 Å². The molecule has 2 unspecified atom stereocenters. The Labute approximate surface area is 126 Å². The number of fused-ring (bicyclic) bond motifs is 1. The molecule has 0 spiro atoms. The summed E-state index contributed by atoms with van der Waals surface area (Å²) in [4.78, 5) is 15.1. The summed E-state index contributed by atoms with van der Waals surface area (Å²) in [6.45, 7) is 2.35. The number of hydrogen-bond donors (Lipinski definition) is 1. The quantitative estimate of drug-likeness (QED) is 0.923. The number of carbonyl (C=O) groups excluding carboxylic acids is 1. The first-order chi connectivity index (χ1) is 10.3. The van der Waals surface area contributed by atoms with Gasteiger partial charge in [-0.3, -0.25) is 4.79 Å². The van der Waals surface area contributed by atoms with Gasteiger partial charge in [0.05, 0.1) is 0 Å². The third-order valence-corrected chi connectivity index (χ3v) is 4.64. The van der Waals surface area contributed by atoms with Crippen molar-refractivity contribution < 1.29 is 9.53 Å². The number of amides is 1. The fourth-order valence-electron chi connectivity index (χ4n) is 3.47. The average Bonchev–Trinajstić information content (AvgIpc) is 2.96. The van der Waals surface area contributed by atoms with Crippen LogP contribution in [0, 0.1) is 0 Å². The summed E-state index contributed by atoms with van der Waals surface area (Å²) in [5.74, 6) is 1.01. The van der Waals surface area contributed by atoms with E-state index in [1.807, 2.05) is 31.3 Å². The fourth-order valence-corrected chi connectivity index (χ4v) is 3.47. The molecule has 0 aromatic heterocycles. The molecule has 4 heteroatoms. The summed E-state index contributed by atoms with van der Waals surface area (Å²) >= 11 is 0. The van der Waals surface area contributed by atoms with Crippen molar-refractivity contribution >= 4 is 5.91 Å². The van der Waals surface area contributed by atoms with Gasteiger partial charge < -0.3 is 15.0 Å². The van der Waals surface area contributed by atoms with Crippen molar-refractivity contribution in [2.24, 2.45) is 0 Å². The summed E-state index contributed by atoms with van der Waals surface area (Å²) < 4.78 is 5.68. The Morgan fingerprint density at radius 1 is 1.38 bits per heavy atom. The number of likely N-dealkylation sites (tertiary alicyclic amines) is 1. The molecule has 0 bridgehead atoms. The van der Waals surface area contributed by atoms with Crippen LogP contribution in [0.25, 0.3) is 0 Å². The van der Waals surface area contributed by atoms with Crippen molar-refractivity contribution in [3.8, 4) is 5.75 Å². The van der Waals surface area contributed by atoms with Gasteiger partial charge in [-0.25, -0.2) is 0 Å². The minimum atomic E-state index is -0.114. The van der Waals surface area contributed by atoms with E-state index in [1.165, 1.54) is 6.42 Å². The zero-order chi connectivity index (χ0) is 14.7. The van der Waals surface area contributed by atoms with E-state index in [4.69, 9.17) is 4.74 Å². The average molecular weight is 288 g/mol. The molecule has 0 saturated carbocycles. The SMILES string of the molecule is CNCCC1CCCCN1C(=O)C1COc2ccccc21. The predicted molar refractivity (Wildman–Crippen MR) is 82.6 cm³/mol. The molecule has 2 aliphatic heterocycles. The number of nitrogens with zero attached hydrogens (tertiary/aromatic N) is 1. The number of piperidine rings is 1. The molecule has 1 aromatic rings. The maximum absolute atomic E-state index is 13.0. The first kappa shape index (κ1) is 14.4. The van der Waals surface area contributed by atoms with Crippen molar-refractivity contribution in [3.63, 3.8) is 0 Å². The highest BCUT2D eigenvalue weighted by molar-refractivity contribution is 5.86. The summed E-state index contributed by atoms with van der Waals surface area (Å²) in [5.41, 5.74) is 1.06. The lowest BCUT2D eigenvalue weighted by molar-refractivity contribution is -0.136.